The van der Waals surface area contributed by atoms with Crippen LogP contribution in [0.15, 0.2) is 23.1 Å². The highest BCUT2D eigenvalue weighted by Gasteiger charge is 2.29. The number of thiol groups is 1. The molecular weight excluding hydrogens is 260 g/mol. The molecule has 1 aliphatic rings. The summed E-state index contributed by atoms with van der Waals surface area (Å²) in [6, 6.07) is 5.41. The second-order valence-corrected chi connectivity index (χ2v) is 5.20. The van der Waals surface area contributed by atoms with Gasteiger partial charge in [-0.25, -0.2) is 0 Å². The van der Waals surface area contributed by atoms with E-state index in [-0.39, 0.29) is 11.8 Å². The molecule has 1 aromatic rings. The van der Waals surface area contributed by atoms with Gasteiger partial charge in [0.05, 0.1) is 0 Å². The van der Waals surface area contributed by atoms with Crippen LogP contribution >= 0.6 is 12.6 Å². The third kappa shape index (κ3) is 2.92. The van der Waals surface area contributed by atoms with Crippen molar-refractivity contribution in [1.29, 1.82) is 0 Å². The van der Waals surface area contributed by atoms with Crippen molar-refractivity contribution in [1.82, 2.24) is 5.32 Å². The molecule has 2 amide bonds. The zero-order valence-corrected chi connectivity index (χ0v) is 12.0. The Hall–Kier alpha value is -1.49. The topological polar surface area (TPSA) is 49.4 Å². The van der Waals surface area contributed by atoms with Crippen molar-refractivity contribution in [2.24, 2.45) is 0 Å². The molecule has 0 radical (unpaired) electrons. The second-order valence-electron chi connectivity index (χ2n) is 4.69. The summed E-state index contributed by atoms with van der Waals surface area (Å²) in [4.78, 5) is 26.2. The van der Waals surface area contributed by atoms with Gasteiger partial charge in [-0.3, -0.25) is 9.59 Å². The van der Waals surface area contributed by atoms with Crippen molar-refractivity contribution in [2.45, 2.75) is 37.6 Å². The van der Waals surface area contributed by atoms with Gasteiger partial charge in [0.15, 0.2) is 0 Å². The zero-order chi connectivity index (χ0) is 14.0. The van der Waals surface area contributed by atoms with Crippen LogP contribution in [-0.2, 0) is 16.0 Å². The first-order chi connectivity index (χ1) is 9.02. The average molecular weight is 278 g/mol. The van der Waals surface area contributed by atoms with Gasteiger partial charge >= 0.3 is 0 Å². The first kappa shape index (κ1) is 13.9. The fourth-order valence-corrected chi connectivity index (χ4v) is 2.65. The lowest BCUT2D eigenvalue weighted by Crippen LogP contribution is -2.47. The SMILES string of the molecule is CCN1C(=O)C(NC(C)=O)CCc2ccc(S)cc21. The molecule has 0 saturated carbocycles. The van der Waals surface area contributed by atoms with E-state index in [0.29, 0.717) is 13.0 Å². The summed E-state index contributed by atoms with van der Waals surface area (Å²) in [5, 5.41) is 2.74. The van der Waals surface area contributed by atoms with Crippen LogP contribution in [0.25, 0.3) is 0 Å². The van der Waals surface area contributed by atoms with Crippen LogP contribution in [0.5, 0.6) is 0 Å². The number of aryl methyl sites for hydroxylation is 1. The highest BCUT2D eigenvalue weighted by molar-refractivity contribution is 7.80. The van der Waals surface area contributed by atoms with Crippen molar-refractivity contribution in [3.05, 3.63) is 23.8 Å². The van der Waals surface area contributed by atoms with Crippen LogP contribution in [0, 0.1) is 0 Å². The maximum Gasteiger partial charge on any atom is 0.249 e. The molecular formula is C14H18N2O2S. The number of carbonyl (C=O) groups excluding carboxylic acids is 2. The highest BCUT2D eigenvalue weighted by atomic mass is 32.1. The summed E-state index contributed by atoms with van der Waals surface area (Å²) < 4.78 is 0. The number of fused-ring (bicyclic) bond motifs is 1. The molecule has 0 aromatic heterocycles. The summed E-state index contributed by atoms with van der Waals surface area (Å²) in [6.45, 7) is 3.95. The van der Waals surface area contributed by atoms with E-state index < -0.39 is 6.04 Å². The Bertz CT molecular complexity index is 516. The maximum absolute atomic E-state index is 12.5. The molecule has 1 aliphatic heterocycles. The summed E-state index contributed by atoms with van der Waals surface area (Å²) in [6.07, 6.45) is 1.41. The molecule has 1 heterocycles. The van der Waals surface area contributed by atoms with Crippen LogP contribution in [0.1, 0.15) is 25.8 Å². The van der Waals surface area contributed by atoms with Gasteiger partial charge < -0.3 is 10.2 Å². The molecule has 0 saturated heterocycles. The number of nitrogens with one attached hydrogen (secondary N) is 1. The third-order valence-corrected chi connectivity index (χ3v) is 3.60. The van der Waals surface area contributed by atoms with Crippen LogP contribution in [0.2, 0.25) is 0 Å². The zero-order valence-electron chi connectivity index (χ0n) is 11.1. The first-order valence-electron chi connectivity index (χ1n) is 6.43. The Balaban J connectivity index is 2.38. The smallest absolute Gasteiger partial charge is 0.249 e. The normalized spacial score (nSPS) is 18.8. The predicted molar refractivity (Wildman–Crippen MR) is 77.6 cm³/mol. The predicted octanol–water partition coefficient (Wildman–Crippen LogP) is 1.78. The van der Waals surface area contributed by atoms with Gasteiger partial charge in [-0.1, -0.05) is 6.07 Å². The molecule has 0 aliphatic carbocycles. The number of rotatable bonds is 2. The number of hydrogen-bond donors (Lipinski definition) is 2. The van der Waals surface area contributed by atoms with Gasteiger partial charge in [-0.2, -0.15) is 0 Å². The van der Waals surface area contributed by atoms with E-state index in [2.05, 4.69) is 17.9 Å². The quantitative estimate of drug-likeness (QED) is 0.810. The summed E-state index contributed by atoms with van der Waals surface area (Å²) in [5.74, 6) is -0.217. The minimum atomic E-state index is -0.437. The number of likely N-dealkylation sites (N-methyl/N-ethyl adjacent to an activating group) is 1. The number of amides is 2. The Kier molecular flexibility index (Phi) is 4.14. The van der Waals surface area contributed by atoms with E-state index in [1.165, 1.54) is 6.92 Å². The molecule has 4 nitrogen and oxygen atoms in total. The fraction of sp³-hybridized carbons (Fsp3) is 0.429. The molecule has 0 spiro atoms. The monoisotopic (exact) mass is 278 g/mol. The average Bonchev–Trinajstić information content (AvgIpc) is 2.47. The van der Waals surface area contributed by atoms with Gasteiger partial charge in [0.1, 0.15) is 6.04 Å². The van der Waals surface area contributed by atoms with Crippen molar-refractivity contribution in [3.63, 3.8) is 0 Å². The van der Waals surface area contributed by atoms with Gasteiger partial charge in [-0.15, -0.1) is 12.6 Å². The van der Waals surface area contributed by atoms with Crippen molar-refractivity contribution in [3.8, 4) is 0 Å². The van der Waals surface area contributed by atoms with Crippen LogP contribution in [-0.4, -0.2) is 24.4 Å². The minimum absolute atomic E-state index is 0.0459. The Morgan fingerprint density at radius 1 is 1.53 bits per heavy atom. The number of carbonyl (C=O) groups is 2. The lowest BCUT2D eigenvalue weighted by atomic mass is 10.1. The standard InChI is InChI=1S/C14H18N2O2S/c1-3-16-13-8-11(19)6-4-10(13)5-7-12(14(16)18)15-9(2)17/h4,6,8,12,19H,3,5,7H2,1-2H3,(H,15,17). The molecule has 102 valence electrons. The van der Waals surface area contributed by atoms with E-state index in [0.717, 1.165) is 22.6 Å². The molecule has 1 unspecified atom stereocenters. The number of hydrogen-bond acceptors (Lipinski definition) is 3. The first-order valence-corrected chi connectivity index (χ1v) is 6.88. The Morgan fingerprint density at radius 3 is 2.89 bits per heavy atom. The number of nitrogens with zero attached hydrogens (tertiary/aromatic N) is 1. The molecule has 1 aromatic carbocycles. The third-order valence-electron chi connectivity index (χ3n) is 3.32. The maximum atomic E-state index is 12.5. The summed E-state index contributed by atoms with van der Waals surface area (Å²) in [7, 11) is 0. The lowest BCUT2D eigenvalue weighted by molar-refractivity contribution is -0.126. The second kappa shape index (κ2) is 5.65. The van der Waals surface area contributed by atoms with Crippen LogP contribution in [0.3, 0.4) is 0 Å². The minimum Gasteiger partial charge on any atom is -0.345 e. The van der Waals surface area contributed by atoms with E-state index in [4.69, 9.17) is 0 Å². The van der Waals surface area contributed by atoms with E-state index >= 15 is 0 Å². The van der Waals surface area contributed by atoms with Crippen LogP contribution in [0.4, 0.5) is 5.69 Å². The largest absolute Gasteiger partial charge is 0.345 e. The van der Waals surface area contributed by atoms with Crippen molar-refractivity contribution < 1.29 is 9.59 Å². The molecule has 1 atom stereocenters. The van der Waals surface area contributed by atoms with Crippen molar-refractivity contribution >= 4 is 30.1 Å². The summed E-state index contributed by atoms with van der Waals surface area (Å²) in [5.41, 5.74) is 2.04. The number of anilines is 1. The molecule has 5 heteroatoms. The Morgan fingerprint density at radius 2 is 2.26 bits per heavy atom. The molecule has 0 fully saturated rings. The van der Waals surface area contributed by atoms with Gasteiger partial charge in [0.2, 0.25) is 11.8 Å². The molecule has 1 N–H and O–H groups in total. The number of benzene rings is 1. The van der Waals surface area contributed by atoms with E-state index in [1.54, 1.807) is 4.90 Å². The van der Waals surface area contributed by atoms with Gasteiger partial charge in [0.25, 0.3) is 0 Å². The van der Waals surface area contributed by atoms with Crippen LogP contribution < -0.4 is 10.2 Å². The molecule has 2 rings (SSSR count). The van der Waals surface area contributed by atoms with Crippen molar-refractivity contribution in [2.75, 3.05) is 11.4 Å². The Labute approximate surface area is 118 Å². The van der Waals surface area contributed by atoms with Gasteiger partial charge in [-0.05, 0) is 37.5 Å². The molecule has 0 bridgehead atoms. The van der Waals surface area contributed by atoms with E-state index in [9.17, 15) is 9.59 Å². The molecule has 19 heavy (non-hydrogen) atoms. The summed E-state index contributed by atoms with van der Waals surface area (Å²) >= 11 is 4.33. The lowest BCUT2D eigenvalue weighted by Gasteiger charge is -2.24. The highest BCUT2D eigenvalue weighted by Crippen LogP contribution is 2.29. The fourth-order valence-electron chi connectivity index (χ4n) is 2.45. The van der Waals surface area contributed by atoms with Gasteiger partial charge in [0, 0.05) is 24.1 Å². The van der Waals surface area contributed by atoms with E-state index in [1.807, 2.05) is 25.1 Å².